The van der Waals surface area contributed by atoms with Crippen LogP contribution in [-0.4, -0.2) is 13.2 Å². The van der Waals surface area contributed by atoms with Gasteiger partial charge in [-0.3, -0.25) is 0 Å². The summed E-state index contributed by atoms with van der Waals surface area (Å²) in [4.78, 5) is 11.2. The molecule has 0 fully saturated rings. The molecule has 0 aliphatic rings. The van der Waals surface area contributed by atoms with Gasteiger partial charge in [-0.25, -0.2) is 4.79 Å². The van der Waals surface area contributed by atoms with Crippen LogP contribution in [0.3, 0.4) is 0 Å². The zero-order valence-electron chi connectivity index (χ0n) is 11.9. The Morgan fingerprint density at radius 2 is 1.70 bits per heavy atom. The van der Waals surface area contributed by atoms with Crippen LogP contribution in [0.15, 0.2) is 57.7 Å². The van der Waals surface area contributed by atoms with E-state index in [9.17, 15) is 4.79 Å². The SMILES string of the molecule is O=c1ccc2ccc(OCCOc3cc(Cl)ccc3Cl)cc2o1. The van der Waals surface area contributed by atoms with E-state index in [0.29, 0.717) is 40.3 Å². The van der Waals surface area contributed by atoms with Crippen molar-refractivity contribution in [1.82, 2.24) is 0 Å². The quantitative estimate of drug-likeness (QED) is 0.500. The lowest BCUT2D eigenvalue weighted by molar-refractivity contribution is 0.217. The Hall–Kier alpha value is -2.17. The van der Waals surface area contributed by atoms with Crippen molar-refractivity contribution in [2.24, 2.45) is 0 Å². The number of fused-ring (bicyclic) bond motifs is 1. The molecule has 0 spiro atoms. The van der Waals surface area contributed by atoms with E-state index in [0.717, 1.165) is 5.39 Å². The van der Waals surface area contributed by atoms with E-state index in [1.165, 1.54) is 6.07 Å². The first-order chi connectivity index (χ1) is 11.1. The maximum Gasteiger partial charge on any atom is 0.336 e. The molecule has 0 unspecified atom stereocenters. The van der Waals surface area contributed by atoms with Crippen LogP contribution in [0.4, 0.5) is 0 Å². The van der Waals surface area contributed by atoms with Gasteiger partial charge in [-0.05, 0) is 30.3 Å². The first kappa shape index (κ1) is 15.7. The third kappa shape index (κ3) is 3.97. The van der Waals surface area contributed by atoms with Crippen LogP contribution in [0.1, 0.15) is 0 Å². The van der Waals surface area contributed by atoms with Crippen LogP contribution < -0.4 is 15.1 Å². The lowest BCUT2D eigenvalue weighted by atomic mass is 10.2. The summed E-state index contributed by atoms with van der Waals surface area (Å²) >= 11 is 11.9. The molecule has 0 saturated heterocycles. The Labute approximate surface area is 142 Å². The summed E-state index contributed by atoms with van der Waals surface area (Å²) in [7, 11) is 0. The van der Waals surface area contributed by atoms with E-state index in [1.54, 1.807) is 36.4 Å². The monoisotopic (exact) mass is 350 g/mol. The number of rotatable bonds is 5. The summed E-state index contributed by atoms with van der Waals surface area (Å²) in [5.41, 5.74) is 0.0855. The van der Waals surface area contributed by atoms with Gasteiger partial charge >= 0.3 is 5.63 Å². The Morgan fingerprint density at radius 1 is 0.913 bits per heavy atom. The molecule has 4 nitrogen and oxygen atoms in total. The molecule has 1 heterocycles. The second kappa shape index (κ2) is 6.94. The van der Waals surface area contributed by atoms with Gasteiger partial charge < -0.3 is 13.9 Å². The molecule has 0 aliphatic carbocycles. The van der Waals surface area contributed by atoms with Crippen molar-refractivity contribution in [2.75, 3.05) is 13.2 Å². The molecule has 0 bridgehead atoms. The fourth-order valence-electron chi connectivity index (χ4n) is 2.03. The summed E-state index contributed by atoms with van der Waals surface area (Å²) in [6.45, 7) is 0.613. The highest BCUT2D eigenvalue weighted by atomic mass is 35.5. The number of ether oxygens (including phenoxy) is 2. The molecule has 2 aromatic carbocycles. The molecular formula is C17H12Cl2O4. The van der Waals surface area contributed by atoms with Gasteiger partial charge in [-0.15, -0.1) is 0 Å². The first-order valence-corrected chi connectivity index (χ1v) is 7.62. The van der Waals surface area contributed by atoms with Crippen molar-refractivity contribution in [1.29, 1.82) is 0 Å². The molecule has 0 radical (unpaired) electrons. The molecule has 0 saturated carbocycles. The molecule has 0 aliphatic heterocycles. The Bertz CT molecular complexity index is 889. The van der Waals surface area contributed by atoms with Gasteiger partial charge in [-0.1, -0.05) is 23.2 Å². The zero-order valence-corrected chi connectivity index (χ0v) is 13.4. The fraction of sp³-hybridized carbons (Fsp3) is 0.118. The van der Waals surface area contributed by atoms with Gasteiger partial charge in [0, 0.05) is 28.6 Å². The lowest BCUT2D eigenvalue weighted by Crippen LogP contribution is -2.09. The van der Waals surface area contributed by atoms with Gasteiger partial charge in [0.25, 0.3) is 0 Å². The number of hydrogen-bond acceptors (Lipinski definition) is 4. The molecule has 6 heteroatoms. The van der Waals surface area contributed by atoms with Gasteiger partial charge in [0.15, 0.2) is 0 Å². The van der Waals surface area contributed by atoms with Crippen LogP contribution >= 0.6 is 23.2 Å². The van der Waals surface area contributed by atoms with Crippen molar-refractivity contribution >= 4 is 34.2 Å². The predicted molar refractivity (Wildman–Crippen MR) is 89.9 cm³/mol. The molecule has 0 amide bonds. The van der Waals surface area contributed by atoms with Crippen molar-refractivity contribution in [3.8, 4) is 11.5 Å². The standard InChI is InChI=1S/C17H12Cl2O4/c18-12-3-5-14(19)16(9-12)22-8-7-21-13-4-1-11-2-6-17(20)23-15(11)10-13/h1-6,9-10H,7-8H2. The van der Waals surface area contributed by atoms with Crippen LogP contribution in [0.5, 0.6) is 11.5 Å². The summed E-state index contributed by atoms with van der Waals surface area (Å²) in [5.74, 6) is 1.10. The summed E-state index contributed by atoms with van der Waals surface area (Å²) in [6.07, 6.45) is 0. The van der Waals surface area contributed by atoms with Crippen molar-refractivity contribution in [3.63, 3.8) is 0 Å². The Balaban J connectivity index is 1.60. The molecule has 0 atom stereocenters. The van der Waals surface area contributed by atoms with E-state index in [1.807, 2.05) is 6.07 Å². The minimum Gasteiger partial charge on any atom is -0.490 e. The average Bonchev–Trinajstić information content (AvgIpc) is 2.54. The summed E-state index contributed by atoms with van der Waals surface area (Å²) in [5, 5.41) is 1.87. The molecule has 23 heavy (non-hydrogen) atoms. The van der Waals surface area contributed by atoms with Crippen LogP contribution in [0.25, 0.3) is 11.0 Å². The maximum atomic E-state index is 11.2. The molecule has 1 aromatic heterocycles. The Morgan fingerprint density at radius 3 is 2.57 bits per heavy atom. The number of benzene rings is 2. The zero-order chi connectivity index (χ0) is 16.2. The first-order valence-electron chi connectivity index (χ1n) is 6.86. The highest BCUT2D eigenvalue weighted by Crippen LogP contribution is 2.27. The summed E-state index contributed by atoms with van der Waals surface area (Å²) < 4.78 is 16.2. The van der Waals surface area contributed by atoms with Crippen LogP contribution in [0, 0.1) is 0 Å². The molecule has 3 rings (SSSR count). The topological polar surface area (TPSA) is 48.7 Å². The van der Waals surface area contributed by atoms with Gasteiger partial charge in [0.05, 0.1) is 5.02 Å². The fourth-order valence-corrected chi connectivity index (χ4v) is 2.36. The van der Waals surface area contributed by atoms with Gasteiger partial charge in [-0.2, -0.15) is 0 Å². The van der Waals surface area contributed by atoms with Gasteiger partial charge in [0.1, 0.15) is 30.3 Å². The van der Waals surface area contributed by atoms with Crippen molar-refractivity contribution < 1.29 is 13.9 Å². The second-order valence-corrected chi connectivity index (χ2v) is 5.57. The highest BCUT2D eigenvalue weighted by Gasteiger charge is 2.04. The minimum absolute atomic E-state index is 0.302. The van der Waals surface area contributed by atoms with E-state index < -0.39 is 5.63 Å². The predicted octanol–water partition coefficient (Wildman–Crippen LogP) is 4.56. The Kier molecular flexibility index (Phi) is 4.74. The molecule has 3 aromatic rings. The number of halogens is 2. The lowest BCUT2D eigenvalue weighted by Gasteiger charge is -2.10. The second-order valence-electron chi connectivity index (χ2n) is 4.73. The molecular weight excluding hydrogens is 339 g/mol. The van der Waals surface area contributed by atoms with E-state index >= 15 is 0 Å². The molecule has 118 valence electrons. The van der Waals surface area contributed by atoms with Crippen LogP contribution in [0.2, 0.25) is 10.0 Å². The molecule has 0 N–H and O–H groups in total. The summed E-state index contributed by atoms with van der Waals surface area (Å²) in [6, 6.07) is 13.4. The third-order valence-corrected chi connectivity index (χ3v) is 3.64. The highest BCUT2D eigenvalue weighted by molar-refractivity contribution is 6.34. The van der Waals surface area contributed by atoms with E-state index in [4.69, 9.17) is 37.1 Å². The van der Waals surface area contributed by atoms with E-state index in [2.05, 4.69) is 0 Å². The smallest absolute Gasteiger partial charge is 0.336 e. The van der Waals surface area contributed by atoms with E-state index in [-0.39, 0.29) is 0 Å². The number of hydrogen-bond donors (Lipinski definition) is 0. The van der Waals surface area contributed by atoms with Crippen molar-refractivity contribution in [2.45, 2.75) is 0 Å². The largest absolute Gasteiger partial charge is 0.490 e. The maximum absolute atomic E-state index is 11.2. The normalized spacial score (nSPS) is 10.7. The average molecular weight is 351 g/mol. The van der Waals surface area contributed by atoms with Gasteiger partial charge in [0.2, 0.25) is 0 Å². The third-order valence-electron chi connectivity index (χ3n) is 3.10. The van der Waals surface area contributed by atoms with Crippen LogP contribution in [-0.2, 0) is 0 Å². The van der Waals surface area contributed by atoms with Crippen molar-refractivity contribution in [3.05, 3.63) is 69.0 Å². The minimum atomic E-state index is -0.395.